The highest BCUT2D eigenvalue weighted by Gasteiger charge is 2.20. The molecule has 0 radical (unpaired) electrons. The molecule has 0 bridgehead atoms. The lowest BCUT2D eigenvalue weighted by Gasteiger charge is -2.28. The van der Waals surface area contributed by atoms with Gasteiger partial charge in [0.1, 0.15) is 5.82 Å². The second kappa shape index (κ2) is 6.30. The molecule has 0 saturated heterocycles. The number of benzene rings is 1. The van der Waals surface area contributed by atoms with E-state index in [0.717, 1.165) is 5.56 Å². The zero-order chi connectivity index (χ0) is 13.0. The third-order valence-electron chi connectivity index (χ3n) is 3.80. The predicted molar refractivity (Wildman–Crippen MR) is 72.9 cm³/mol. The summed E-state index contributed by atoms with van der Waals surface area (Å²) in [5.41, 5.74) is 7.60. The number of rotatable bonds is 4. The minimum absolute atomic E-state index is 0.0620. The molecular formula is C15H23FN2. The van der Waals surface area contributed by atoms with Gasteiger partial charge in [-0.25, -0.2) is 4.39 Å². The van der Waals surface area contributed by atoms with Crippen molar-refractivity contribution in [3.05, 3.63) is 35.1 Å². The predicted octanol–water partition coefficient (Wildman–Crippen LogP) is 3.06. The number of halogens is 1. The normalized spacial score (nSPS) is 18.8. The molecular weight excluding hydrogens is 227 g/mol. The van der Waals surface area contributed by atoms with Gasteiger partial charge >= 0.3 is 0 Å². The molecule has 1 aromatic carbocycles. The van der Waals surface area contributed by atoms with Crippen LogP contribution in [-0.2, 0) is 0 Å². The van der Waals surface area contributed by atoms with Gasteiger partial charge in [-0.3, -0.25) is 0 Å². The highest BCUT2D eigenvalue weighted by atomic mass is 19.1. The Hall–Kier alpha value is -0.930. The van der Waals surface area contributed by atoms with Crippen LogP contribution in [-0.4, -0.2) is 12.6 Å². The van der Waals surface area contributed by atoms with Crippen LogP contribution in [0, 0.1) is 12.7 Å². The molecule has 0 heterocycles. The van der Waals surface area contributed by atoms with Gasteiger partial charge in [0.05, 0.1) is 0 Å². The molecule has 0 aliphatic heterocycles. The van der Waals surface area contributed by atoms with Crippen molar-refractivity contribution >= 4 is 0 Å². The summed E-state index contributed by atoms with van der Waals surface area (Å²) in [4.78, 5) is 0. The van der Waals surface area contributed by atoms with Crippen molar-refractivity contribution < 1.29 is 4.39 Å². The molecule has 3 heteroatoms. The van der Waals surface area contributed by atoms with Crippen LogP contribution < -0.4 is 11.1 Å². The molecule has 1 aliphatic carbocycles. The lowest BCUT2D eigenvalue weighted by Crippen LogP contribution is -2.38. The van der Waals surface area contributed by atoms with Crippen LogP contribution in [0.3, 0.4) is 0 Å². The summed E-state index contributed by atoms with van der Waals surface area (Å²) in [5.74, 6) is -0.153. The number of nitrogens with one attached hydrogen (secondary N) is 1. The minimum atomic E-state index is -0.153. The summed E-state index contributed by atoms with van der Waals surface area (Å²) < 4.78 is 13.9. The van der Waals surface area contributed by atoms with Gasteiger partial charge in [-0.1, -0.05) is 37.0 Å². The van der Waals surface area contributed by atoms with Crippen molar-refractivity contribution in [2.75, 3.05) is 6.54 Å². The van der Waals surface area contributed by atoms with Crippen molar-refractivity contribution in [2.45, 2.75) is 51.1 Å². The Morgan fingerprint density at radius 3 is 2.72 bits per heavy atom. The Morgan fingerprint density at radius 2 is 2.06 bits per heavy atom. The van der Waals surface area contributed by atoms with E-state index >= 15 is 0 Å². The Labute approximate surface area is 109 Å². The first-order valence-corrected chi connectivity index (χ1v) is 6.93. The molecule has 1 aromatic rings. The second-order valence-electron chi connectivity index (χ2n) is 5.31. The third kappa shape index (κ3) is 3.30. The zero-order valence-electron chi connectivity index (χ0n) is 11.1. The quantitative estimate of drug-likeness (QED) is 0.862. The van der Waals surface area contributed by atoms with E-state index in [2.05, 4.69) is 5.32 Å². The van der Waals surface area contributed by atoms with Gasteiger partial charge in [-0.05, 0) is 25.8 Å². The van der Waals surface area contributed by atoms with Crippen LogP contribution in [0.25, 0.3) is 0 Å². The first kappa shape index (κ1) is 13.5. The lowest BCUT2D eigenvalue weighted by molar-refractivity contribution is 0.336. The Morgan fingerprint density at radius 1 is 1.33 bits per heavy atom. The van der Waals surface area contributed by atoms with Crippen LogP contribution in [0.15, 0.2) is 18.2 Å². The van der Waals surface area contributed by atoms with E-state index in [1.807, 2.05) is 13.0 Å². The van der Waals surface area contributed by atoms with Crippen LogP contribution in [0.2, 0.25) is 0 Å². The molecule has 2 nitrogen and oxygen atoms in total. The summed E-state index contributed by atoms with van der Waals surface area (Å²) in [5, 5.41) is 3.52. The smallest absolute Gasteiger partial charge is 0.128 e. The van der Waals surface area contributed by atoms with Crippen molar-refractivity contribution in [3.63, 3.8) is 0 Å². The van der Waals surface area contributed by atoms with Crippen LogP contribution in [0.4, 0.5) is 4.39 Å². The van der Waals surface area contributed by atoms with Gasteiger partial charge in [-0.15, -0.1) is 0 Å². The standard InChI is InChI=1S/C15H23FN2/c1-11-7-8-14(16)13(9-11)15(10-17)18-12-5-3-2-4-6-12/h7-9,12,15,18H,2-6,10,17H2,1H3. The van der Waals surface area contributed by atoms with Crippen molar-refractivity contribution in [1.82, 2.24) is 5.32 Å². The largest absolute Gasteiger partial charge is 0.329 e. The van der Waals surface area contributed by atoms with Gasteiger partial charge in [-0.2, -0.15) is 0 Å². The lowest BCUT2D eigenvalue weighted by atomic mass is 9.93. The van der Waals surface area contributed by atoms with Gasteiger partial charge in [0.25, 0.3) is 0 Å². The Bertz CT molecular complexity index is 386. The van der Waals surface area contributed by atoms with E-state index < -0.39 is 0 Å². The van der Waals surface area contributed by atoms with Gasteiger partial charge in [0.15, 0.2) is 0 Å². The third-order valence-corrected chi connectivity index (χ3v) is 3.80. The first-order valence-electron chi connectivity index (χ1n) is 6.93. The van der Waals surface area contributed by atoms with Crippen LogP contribution in [0.5, 0.6) is 0 Å². The minimum Gasteiger partial charge on any atom is -0.329 e. The monoisotopic (exact) mass is 250 g/mol. The number of hydrogen-bond acceptors (Lipinski definition) is 2. The molecule has 18 heavy (non-hydrogen) atoms. The second-order valence-corrected chi connectivity index (χ2v) is 5.31. The maximum atomic E-state index is 13.9. The van der Waals surface area contributed by atoms with E-state index in [1.54, 1.807) is 6.07 Å². The summed E-state index contributed by atoms with van der Waals surface area (Å²) in [6.07, 6.45) is 6.23. The fraction of sp³-hybridized carbons (Fsp3) is 0.600. The molecule has 0 spiro atoms. The van der Waals surface area contributed by atoms with Gasteiger partial charge in [0.2, 0.25) is 0 Å². The molecule has 0 aromatic heterocycles. The topological polar surface area (TPSA) is 38.0 Å². The van der Waals surface area contributed by atoms with Crippen molar-refractivity contribution in [1.29, 1.82) is 0 Å². The maximum Gasteiger partial charge on any atom is 0.128 e. The fourth-order valence-corrected chi connectivity index (χ4v) is 2.77. The molecule has 0 amide bonds. The zero-order valence-corrected chi connectivity index (χ0v) is 11.1. The van der Waals surface area contributed by atoms with E-state index in [4.69, 9.17) is 5.73 Å². The fourth-order valence-electron chi connectivity index (χ4n) is 2.77. The molecule has 2 rings (SSSR count). The molecule has 3 N–H and O–H groups in total. The Kier molecular flexibility index (Phi) is 4.72. The van der Waals surface area contributed by atoms with Crippen molar-refractivity contribution in [2.24, 2.45) is 5.73 Å². The van der Waals surface area contributed by atoms with E-state index in [0.29, 0.717) is 18.2 Å². The molecule has 1 unspecified atom stereocenters. The summed E-state index contributed by atoms with van der Waals surface area (Å²) in [7, 11) is 0. The maximum absolute atomic E-state index is 13.9. The average Bonchev–Trinajstić information content (AvgIpc) is 2.40. The number of aryl methyl sites for hydroxylation is 1. The van der Waals surface area contributed by atoms with E-state index in [-0.39, 0.29) is 11.9 Å². The average molecular weight is 250 g/mol. The SMILES string of the molecule is Cc1ccc(F)c(C(CN)NC2CCCCC2)c1. The van der Waals surface area contributed by atoms with E-state index in [1.165, 1.54) is 38.2 Å². The summed E-state index contributed by atoms with van der Waals surface area (Å²) >= 11 is 0. The molecule has 1 atom stereocenters. The summed E-state index contributed by atoms with van der Waals surface area (Å²) in [6.45, 7) is 2.42. The summed E-state index contributed by atoms with van der Waals surface area (Å²) in [6, 6.07) is 5.67. The van der Waals surface area contributed by atoms with Crippen LogP contribution >= 0.6 is 0 Å². The molecule has 1 fully saturated rings. The van der Waals surface area contributed by atoms with Crippen molar-refractivity contribution in [3.8, 4) is 0 Å². The number of nitrogens with two attached hydrogens (primary N) is 1. The van der Waals surface area contributed by atoms with Gasteiger partial charge in [0, 0.05) is 24.2 Å². The molecule has 1 saturated carbocycles. The van der Waals surface area contributed by atoms with Gasteiger partial charge < -0.3 is 11.1 Å². The highest BCUT2D eigenvalue weighted by Crippen LogP contribution is 2.23. The number of hydrogen-bond donors (Lipinski definition) is 2. The molecule has 100 valence electrons. The van der Waals surface area contributed by atoms with Crippen LogP contribution in [0.1, 0.15) is 49.3 Å². The highest BCUT2D eigenvalue weighted by molar-refractivity contribution is 5.27. The molecule has 1 aliphatic rings. The first-order chi connectivity index (χ1) is 8.70. The Balaban J connectivity index is 2.09. The van der Waals surface area contributed by atoms with E-state index in [9.17, 15) is 4.39 Å².